The van der Waals surface area contributed by atoms with E-state index in [-0.39, 0.29) is 5.75 Å². The molecule has 1 unspecified atom stereocenters. The Hall–Kier alpha value is -1.38. The van der Waals surface area contributed by atoms with Crippen molar-refractivity contribution in [1.29, 1.82) is 0 Å². The van der Waals surface area contributed by atoms with Gasteiger partial charge in [0.1, 0.15) is 0 Å². The van der Waals surface area contributed by atoms with Crippen molar-refractivity contribution in [2.24, 2.45) is 5.92 Å². The maximum atomic E-state index is 14.1. The van der Waals surface area contributed by atoms with Gasteiger partial charge >= 0.3 is 0 Å². The second-order valence-electron chi connectivity index (χ2n) is 5.20. The van der Waals surface area contributed by atoms with E-state index < -0.39 is 11.6 Å². The lowest BCUT2D eigenvalue weighted by Gasteiger charge is -2.19. The number of allylic oxidation sites excluding steroid dienone is 2. The lowest BCUT2D eigenvalue weighted by molar-refractivity contribution is 0.295. The average Bonchev–Trinajstić information content (AvgIpc) is 2.42. The fraction of sp³-hybridized carbons (Fsp3) is 0.500. The van der Waals surface area contributed by atoms with Gasteiger partial charge < -0.3 is 4.74 Å². The smallest absolute Gasteiger partial charge is 0.201 e. The molecule has 1 aliphatic rings. The van der Waals surface area contributed by atoms with Crippen LogP contribution in [0.15, 0.2) is 18.2 Å². The normalized spacial score (nSPS) is 19.2. The number of ether oxygens (including phenoxy) is 1. The van der Waals surface area contributed by atoms with Gasteiger partial charge in [-0.3, -0.25) is 0 Å². The fourth-order valence-electron chi connectivity index (χ4n) is 2.31. The molecule has 0 fully saturated rings. The number of hydrogen-bond donors (Lipinski definition) is 0. The van der Waals surface area contributed by atoms with Crippen LogP contribution in [0.1, 0.15) is 45.1 Å². The summed E-state index contributed by atoms with van der Waals surface area (Å²) >= 11 is 0. The van der Waals surface area contributed by atoms with Crippen LogP contribution in [0.5, 0.6) is 5.75 Å². The molecule has 0 N–H and O–H groups in total. The molecule has 3 heteroatoms. The number of hydrogen-bond acceptors (Lipinski definition) is 1. The van der Waals surface area contributed by atoms with Crippen LogP contribution in [0.25, 0.3) is 5.57 Å². The van der Waals surface area contributed by atoms with Gasteiger partial charge in [0.05, 0.1) is 6.61 Å². The molecule has 1 aliphatic carbocycles. The summed E-state index contributed by atoms with van der Waals surface area (Å²) < 4.78 is 33.2. The second kappa shape index (κ2) is 6.18. The maximum Gasteiger partial charge on any atom is 0.201 e. The summed E-state index contributed by atoms with van der Waals surface area (Å²) in [5, 5.41) is 0. The first-order valence-corrected chi connectivity index (χ1v) is 6.93. The molecule has 0 spiro atoms. The van der Waals surface area contributed by atoms with Crippen molar-refractivity contribution in [1.82, 2.24) is 0 Å². The Labute approximate surface area is 113 Å². The highest BCUT2D eigenvalue weighted by Gasteiger charge is 2.19. The Morgan fingerprint density at radius 2 is 2.05 bits per heavy atom. The Bertz CT molecular complexity index is 480. The van der Waals surface area contributed by atoms with E-state index in [1.807, 2.05) is 13.0 Å². The highest BCUT2D eigenvalue weighted by atomic mass is 19.2. The zero-order valence-corrected chi connectivity index (χ0v) is 11.5. The van der Waals surface area contributed by atoms with Crippen LogP contribution >= 0.6 is 0 Å². The van der Waals surface area contributed by atoms with Crippen LogP contribution < -0.4 is 4.74 Å². The van der Waals surface area contributed by atoms with Crippen molar-refractivity contribution in [2.75, 3.05) is 6.61 Å². The van der Waals surface area contributed by atoms with E-state index in [9.17, 15) is 8.78 Å². The second-order valence-corrected chi connectivity index (χ2v) is 5.20. The summed E-state index contributed by atoms with van der Waals surface area (Å²) in [6, 6.07) is 3.16. The molecule has 1 nitrogen and oxygen atoms in total. The predicted molar refractivity (Wildman–Crippen MR) is 73.1 cm³/mol. The van der Waals surface area contributed by atoms with Gasteiger partial charge in [0.2, 0.25) is 5.82 Å². The van der Waals surface area contributed by atoms with Gasteiger partial charge in [-0.2, -0.15) is 4.39 Å². The number of rotatable bonds is 4. The van der Waals surface area contributed by atoms with E-state index in [0.29, 0.717) is 18.1 Å². The number of halogens is 2. The van der Waals surface area contributed by atoms with Gasteiger partial charge in [-0.25, -0.2) is 4.39 Å². The zero-order valence-electron chi connectivity index (χ0n) is 11.5. The standard InChI is InChI=1S/C16H20F2O/c1-3-10-19-14-9-8-13(15(17)16(14)18)12-6-4-11(2)5-7-12/h6,8-9,11H,3-5,7,10H2,1-2H3. The average molecular weight is 266 g/mol. The van der Waals surface area contributed by atoms with Crippen molar-refractivity contribution in [3.05, 3.63) is 35.4 Å². The Kier molecular flexibility index (Phi) is 4.56. The first-order valence-electron chi connectivity index (χ1n) is 6.93. The van der Waals surface area contributed by atoms with Crippen LogP contribution in [0.3, 0.4) is 0 Å². The van der Waals surface area contributed by atoms with Crippen LogP contribution in [-0.2, 0) is 0 Å². The van der Waals surface area contributed by atoms with E-state index in [2.05, 4.69) is 6.92 Å². The fourth-order valence-corrected chi connectivity index (χ4v) is 2.31. The molecular weight excluding hydrogens is 246 g/mol. The van der Waals surface area contributed by atoms with Crippen LogP contribution in [-0.4, -0.2) is 6.61 Å². The first-order chi connectivity index (χ1) is 9.13. The van der Waals surface area contributed by atoms with Crippen LogP contribution in [0.2, 0.25) is 0 Å². The molecule has 19 heavy (non-hydrogen) atoms. The highest BCUT2D eigenvalue weighted by molar-refractivity contribution is 5.67. The van der Waals surface area contributed by atoms with Gasteiger partial charge in [0, 0.05) is 5.56 Å². The molecule has 0 saturated heterocycles. The highest BCUT2D eigenvalue weighted by Crippen LogP contribution is 2.34. The third-order valence-corrected chi connectivity index (χ3v) is 3.53. The third-order valence-electron chi connectivity index (χ3n) is 3.53. The molecule has 0 radical (unpaired) electrons. The van der Waals surface area contributed by atoms with Crippen molar-refractivity contribution in [3.63, 3.8) is 0 Å². The molecule has 104 valence electrons. The van der Waals surface area contributed by atoms with Gasteiger partial charge in [0.25, 0.3) is 0 Å². The van der Waals surface area contributed by atoms with Gasteiger partial charge in [0.15, 0.2) is 11.6 Å². The van der Waals surface area contributed by atoms with E-state index in [1.165, 1.54) is 6.07 Å². The molecule has 0 amide bonds. The third kappa shape index (κ3) is 3.14. The Morgan fingerprint density at radius 1 is 1.26 bits per heavy atom. The Morgan fingerprint density at radius 3 is 2.68 bits per heavy atom. The molecule has 0 heterocycles. The summed E-state index contributed by atoms with van der Waals surface area (Å²) in [5.74, 6) is -1.02. The summed E-state index contributed by atoms with van der Waals surface area (Å²) in [4.78, 5) is 0. The van der Waals surface area contributed by atoms with Crippen molar-refractivity contribution in [2.45, 2.75) is 39.5 Å². The molecular formula is C16H20F2O. The lowest BCUT2D eigenvalue weighted by atomic mass is 9.87. The molecule has 1 aromatic rings. The summed E-state index contributed by atoms with van der Waals surface area (Å²) in [7, 11) is 0. The van der Waals surface area contributed by atoms with Gasteiger partial charge in [-0.05, 0) is 49.3 Å². The van der Waals surface area contributed by atoms with Gasteiger partial charge in [-0.15, -0.1) is 0 Å². The molecule has 0 aromatic heterocycles. The molecule has 0 bridgehead atoms. The Balaban J connectivity index is 2.26. The summed E-state index contributed by atoms with van der Waals surface area (Å²) in [6.07, 6.45) is 5.57. The summed E-state index contributed by atoms with van der Waals surface area (Å²) in [6.45, 7) is 4.50. The topological polar surface area (TPSA) is 9.23 Å². The zero-order chi connectivity index (χ0) is 13.8. The molecule has 0 saturated carbocycles. The SMILES string of the molecule is CCCOc1ccc(C2=CCC(C)CC2)c(F)c1F. The monoisotopic (exact) mass is 266 g/mol. The van der Waals surface area contributed by atoms with Crippen molar-refractivity contribution < 1.29 is 13.5 Å². The largest absolute Gasteiger partial charge is 0.490 e. The van der Waals surface area contributed by atoms with Crippen LogP contribution in [0.4, 0.5) is 8.78 Å². The van der Waals surface area contributed by atoms with E-state index in [4.69, 9.17) is 4.74 Å². The molecule has 2 rings (SSSR count). The van der Waals surface area contributed by atoms with Crippen LogP contribution in [0, 0.1) is 17.6 Å². The minimum absolute atomic E-state index is 0.00729. The van der Waals surface area contributed by atoms with E-state index in [0.717, 1.165) is 31.3 Å². The molecule has 1 atom stereocenters. The minimum Gasteiger partial charge on any atom is -0.490 e. The summed E-state index contributed by atoms with van der Waals surface area (Å²) in [5.41, 5.74) is 1.30. The lowest BCUT2D eigenvalue weighted by Crippen LogP contribution is -2.05. The quantitative estimate of drug-likeness (QED) is 0.748. The van der Waals surface area contributed by atoms with E-state index in [1.54, 1.807) is 6.07 Å². The van der Waals surface area contributed by atoms with Crippen molar-refractivity contribution >= 4 is 5.57 Å². The molecule has 1 aromatic carbocycles. The minimum atomic E-state index is -0.870. The van der Waals surface area contributed by atoms with Gasteiger partial charge in [-0.1, -0.05) is 19.9 Å². The van der Waals surface area contributed by atoms with Crippen molar-refractivity contribution in [3.8, 4) is 5.75 Å². The number of benzene rings is 1. The first kappa shape index (κ1) is 14.0. The van der Waals surface area contributed by atoms with E-state index >= 15 is 0 Å². The molecule has 0 aliphatic heterocycles. The predicted octanol–water partition coefficient (Wildman–Crippen LogP) is 4.96. The maximum absolute atomic E-state index is 14.1.